The van der Waals surface area contributed by atoms with Crippen molar-refractivity contribution >= 4 is 34.5 Å². The zero-order valence-electron chi connectivity index (χ0n) is 13.5. The highest BCUT2D eigenvalue weighted by molar-refractivity contribution is 5.94. The van der Waals surface area contributed by atoms with Crippen LogP contribution >= 0.6 is 0 Å². The first kappa shape index (κ1) is 14.4. The average molecular weight is 323 g/mol. The highest BCUT2D eigenvalue weighted by atomic mass is 16.2. The van der Waals surface area contributed by atoms with E-state index in [0.717, 1.165) is 23.4 Å². The molecule has 0 atom stereocenters. The molecule has 2 amide bonds. The number of hydrogen-bond acceptors (Lipinski definition) is 5. The number of fused-ring (bicyclic) bond motifs is 1. The van der Waals surface area contributed by atoms with Crippen molar-refractivity contribution in [2.24, 2.45) is 7.05 Å². The van der Waals surface area contributed by atoms with Gasteiger partial charge in [0.15, 0.2) is 5.65 Å². The van der Waals surface area contributed by atoms with Crippen LogP contribution in [0.25, 0.3) is 11.2 Å². The number of likely N-dealkylation sites (N-methyl/N-ethyl adjacent to an activating group) is 1. The van der Waals surface area contributed by atoms with Gasteiger partial charge >= 0.3 is 6.03 Å². The summed E-state index contributed by atoms with van der Waals surface area (Å²) in [5, 5.41) is 3.17. The van der Waals surface area contributed by atoms with Gasteiger partial charge < -0.3 is 14.8 Å². The van der Waals surface area contributed by atoms with Gasteiger partial charge in [-0.05, 0) is 18.2 Å². The summed E-state index contributed by atoms with van der Waals surface area (Å²) in [5.41, 5.74) is 3.20. The minimum atomic E-state index is 0.0123. The molecule has 0 radical (unpaired) electrons. The molecule has 122 valence electrons. The lowest BCUT2D eigenvalue weighted by Crippen LogP contribution is -2.29. The molecule has 0 saturated carbocycles. The second-order valence-corrected chi connectivity index (χ2v) is 5.79. The van der Waals surface area contributed by atoms with Crippen molar-refractivity contribution in [2.45, 2.75) is 0 Å². The second kappa shape index (κ2) is 5.48. The molecule has 1 aliphatic rings. The van der Waals surface area contributed by atoms with Crippen LogP contribution in [0.5, 0.6) is 0 Å². The fraction of sp³-hybridized carbons (Fsp3) is 0.250. The summed E-state index contributed by atoms with van der Waals surface area (Å²) in [5.74, 6) is 0.475. The fourth-order valence-corrected chi connectivity index (χ4v) is 2.74. The summed E-state index contributed by atoms with van der Waals surface area (Å²) in [6.45, 7) is 1.42. The molecule has 0 unspecified atom stereocenters. The highest BCUT2D eigenvalue weighted by Gasteiger charge is 2.26. The Balaban J connectivity index is 1.60. The molecule has 0 bridgehead atoms. The van der Waals surface area contributed by atoms with Crippen molar-refractivity contribution in [3.63, 3.8) is 0 Å². The first-order chi connectivity index (χ1) is 11.6. The third kappa shape index (κ3) is 2.41. The van der Waals surface area contributed by atoms with Crippen LogP contribution in [-0.4, -0.2) is 50.6 Å². The van der Waals surface area contributed by atoms with Crippen LogP contribution in [0, 0.1) is 0 Å². The Kier molecular flexibility index (Phi) is 3.30. The van der Waals surface area contributed by atoms with Crippen LogP contribution < -0.4 is 10.2 Å². The van der Waals surface area contributed by atoms with Gasteiger partial charge in [0.05, 0.1) is 12.5 Å². The highest BCUT2D eigenvalue weighted by Crippen LogP contribution is 2.24. The molecule has 4 rings (SSSR count). The average Bonchev–Trinajstić information content (AvgIpc) is 3.11. The van der Waals surface area contributed by atoms with Crippen LogP contribution in [0.3, 0.4) is 0 Å². The second-order valence-electron chi connectivity index (χ2n) is 5.79. The molecular formula is C16H17N7O. The zero-order valence-corrected chi connectivity index (χ0v) is 13.5. The molecule has 1 fully saturated rings. The summed E-state index contributed by atoms with van der Waals surface area (Å²) in [4.78, 5) is 28.5. The number of aromatic nitrogens is 4. The summed E-state index contributed by atoms with van der Waals surface area (Å²) < 4.78 is 1.87. The van der Waals surface area contributed by atoms with Gasteiger partial charge in [-0.1, -0.05) is 6.07 Å². The molecule has 1 saturated heterocycles. The Labute approximate surface area is 138 Å². The van der Waals surface area contributed by atoms with Gasteiger partial charge in [-0.15, -0.1) is 0 Å². The summed E-state index contributed by atoms with van der Waals surface area (Å²) in [7, 11) is 3.71. The number of aryl methyl sites for hydroxylation is 1. The Morgan fingerprint density at radius 3 is 2.83 bits per heavy atom. The smallest absolute Gasteiger partial charge is 0.324 e. The molecule has 1 aromatic carbocycles. The van der Waals surface area contributed by atoms with E-state index in [-0.39, 0.29) is 6.03 Å². The van der Waals surface area contributed by atoms with Gasteiger partial charge in [-0.25, -0.2) is 14.8 Å². The standard InChI is InChI=1S/C16H17N7O/c1-21-6-7-23(16(21)24)12-5-3-4-11(8-12)19-15-17-9-13-14(20-15)18-10-22(13)2/h3-5,8-10H,6-7H2,1-2H3,(H,17,19,20). The van der Waals surface area contributed by atoms with E-state index in [1.165, 1.54) is 0 Å². The molecule has 24 heavy (non-hydrogen) atoms. The lowest BCUT2D eigenvalue weighted by molar-refractivity contribution is 0.229. The number of anilines is 3. The Morgan fingerprint density at radius 1 is 1.17 bits per heavy atom. The largest absolute Gasteiger partial charge is 0.331 e. The summed E-state index contributed by atoms with van der Waals surface area (Å²) in [6.07, 6.45) is 3.44. The van der Waals surface area contributed by atoms with Crippen LogP contribution in [0.15, 0.2) is 36.8 Å². The van der Waals surface area contributed by atoms with E-state index in [0.29, 0.717) is 18.1 Å². The molecule has 3 aromatic rings. The molecule has 2 aromatic heterocycles. The number of carbonyl (C=O) groups excluding carboxylic acids is 1. The number of hydrogen-bond donors (Lipinski definition) is 1. The van der Waals surface area contributed by atoms with E-state index in [1.54, 1.807) is 29.4 Å². The number of nitrogens with one attached hydrogen (secondary N) is 1. The maximum atomic E-state index is 12.1. The molecule has 8 nitrogen and oxygen atoms in total. The van der Waals surface area contributed by atoms with Crippen molar-refractivity contribution in [2.75, 3.05) is 30.4 Å². The minimum Gasteiger partial charge on any atom is -0.331 e. The van der Waals surface area contributed by atoms with Crippen LogP contribution in [0.1, 0.15) is 0 Å². The van der Waals surface area contributed by atoms with E-state index in [2.05, 4.69) is 20.3 Å². The third-order valence-electron chi connectivity index (χ3n) is 4.11. The first-order valence-electron chi connectivity index (χ1n) is 7.65. The normalized spacial score (nSPS) is 14.7. The maximum Gasteiger partial charge on any atom is 0.324 e. The van der Waals surface area contributed by atoms with Crippen molar-refractivity contribution in [3.05, 3.63) is 36.8 Å². The zero-order chi connectivity index (χ0) is 16.7. The molecule has 1 N–H and O–H groups in total. The number of benzene rings is 1. The monoisotopic (exact) mass is 323 g/mol. The van der Waals surface area contributed by atoms with Gasteiger partial charge in [0, 0.05) is 38.6 Å². The van der Waals surface area contributed by atoms with Crippen LogP contribution in [0.4, 0.5) is 22.1 Å². The quantitative estimate of drug-likeness (QED) is 0.797. The predicted molar refractivity (Wildman–Crippen MR) is 91.4 cm³/mol. The first-order valence-corrected chi connectivity index (χ1v) is 7.65. The lowest BCUT2D eigenvalue weighted by atomic mass is 10.2. The molecule has 1 aliphatic heterocycles. The van der Waals surface area contributed by atoms with E-state index >= 15 is 0 Å². The van der Waals surface area contributed by atoms with E-state index in [1.807, 2.05) is 35.9 Å². The van der Waals surface area contributed by atoms with Crippen molar-refractivity contribution in [3.8, 4) is 0 Å². The van der Waals surface area contributed by atoms with Gasteiger partial charge in [-0.3, -0.25) is 4.90 Å². The van der Waals surface area contributed by atoms with Crippen molar-refractivity contribution < 1.29 is 4.79 Å². The van der Waals surface area contributed by atoms with Crippen molar-refractivity contribution in [1.82, 2.24) is 24.4 Å². The van der Waals surface area contributed by atoms with E-state index in [4.69, 9.17) is 0 Å². The summed E-state index contributed by atoms with van der Waals surface area (Å²) >= 11 is 0. The molecule has 3 heterocycles. The Hall–Kier alpha value is -3.16. The predicted octanol–water partition coefficient (Wildman–Crippen LogP) is 1.98. The number of nitrogens with zero attached hydrogens (tertiary/aromatic N) is 6. The van der Waals surface area contributed by atoms with E-state index < -0.39 is 0 Å². The number of rotatable bonds is 3. The van der Waals surface area contributed by atoms with Gasteiger partial charge in [0.1, 0.15) is 5.52 Å². The summed E-state index contributed by atoms with van der Waals surface area (Å²) in [6, 6.07) is 7.68. The fourth-order valence-electron chi connectivity index (χ4n) is 2.74. The molecule has 0 aliphatic carbocycles. The SMILES string of the molecule is CN1CCN(c2cccc(Nc3ncc4c(ncn4C)n3)c2)C1=O. The number of amides is 2. The molecule has 0 spiro atoms. The topological polar surface area (TPSA) is 79.2 Å². The minimum absolute atomic E-state index is 0.0123. The van der Waals surface area contributed by atoms with Gasteiger partial charge in [-0.2, -0.15) is 4.98 Å². The maximum absolute atomic E-state index is 12.1. The van der Waals surface area contributed by atoms with Crippen LogP contribution in [0.2, 0.25) is 0 Å². The van der Waals surface area contributed by atoms with Crippen LogP contribution in [-0.2, 0) is 7.05 Å². The lowest BCUT2D eigenvalue weighted by Gasteiger charge is -2.17. The Bertz CT molecular complexity index is 920. The Morgan fingerprint density at radius 2 is 2.04 bits per heavy atom. The van der Waals surface area contributed by atoms with E-state index in [9.17, 15) is 4.79 Å². The third-order valence-corrected chi connectivity index (χ3v) is 4.11. The number of urea groups is 1. The molecular weight excluding hydrogens is 306 g/mol. The van der Waals surface area contributed by atoms with Gasteiger partial charge in [0.25, 0.3) is 0 Å². The van der Waals surface area contributed by atoms with Crippen molar-refractivity contribution in [1.29, 1.82) is 0 Å². The molecule has 8 heteroatoms. The number of imidazole rings is 1. The number of carbonyl (C=O) groups is 1. The van der Waals surface area contributed by atoms with Gasteiger partial charge in [0.2, 0.25) is 5.95 Å².